The van der Waals surface area contributed by atoms with E-state index < -0.39 is 19.1 Å². The summed E-state index contributed by atoms with van der Waals surface area (Å²) in [4.78, 5) is 27.4. The minimum atomic E-state index is -2.11. The summed E-state index contributed by atoms with van der Waals surface area (Å²) in [5, 5.41) is 16.3. The number of ether oxygens (including phenoxy) is 2. The highest BCUT2D eigenvalue weighted by atomic mass is 32.1. The number of thiophene rings is 1. The molecule has 10 heteroatoms. The van der Waals surface area contributed by atoms with Crippen LogP contribution >= 0.6 is 11.3 Å². The van der Waals surface area contributed by atoms with Crippen LogP contribution in [0.15, 0.2) is 65.4 Å². The van der Waals surface area contributed by atoms with E-state index in [1.807, 2.05) is 41.8 Å². The van der Waals surface area contributed by atoms with E-state index >= 15 is 0 Å². The molecule has 1 amide bonds. The van der Waals surface area contributed by atoms with Gasteiger partial charge < -0.3 is 18.8 Å². The lowest BCUT2D eigenvalue weighted by Crippen LogP contribution is -2.49. The van der Waals surface area contributed by atoms with Gasteiger partial charge in [0.15, 0.2) is 19.8 Å². The molecule has 0 saturated heterocycles. The third-order valence-corrected chi connectivity index (χ3v) is 13.2. The molecule has 0 spiro atoms. The van der Waals surface area contributed by atoms with Gasteiger partial charge in [-0.1, -0.05) is 57.2 Å². The minimum Gasteiger partial charge on any atom is -0.493 e. The van der Waals surface area contributed by atoms with Gasteiger partial charge >= 0.3 is 0 Å². The normalized spacial score (nSPS) is 15.8. The van der Waals surface area contributed by atoms with Crippen LogP contribution in [0.3, 0.4) is 0 Å². The lowest BCUT2D eigenvalue weighted by atomic mass is 9.95. The van der Waals surface area contributed by atoms with Crippen LogP contribution < -0.4 is 9.47 Å². The van der Waals surface area contributed by atoms with Crippen molar-refractivity contribution in [2.75, 3.05) is 20.3 Å². The number of benzene rings is 2. The number of carbonyl (C=O) groups excluding carboxylic acids is 1. The summed E-state index contributed by atoms with van der Waals surface area (Å²) in [6.45, 7) is 11.8. The van der Waals surface area contributed by atoms with Crippen LogP contribution in [-0.4, -0.2) is 50.4 Å². The average Bonchev–Trinajstić information content (AvgIpc) is 3.49. The third kappa shape index (κ3) is 7.06. The van der Waals surface area contributed by atoms with Gasteiger partial charge in [-0.2, -0.15) is 11.3 Å². The highest BCUT2D eigenvalue weighted by Crippen LogP contribution is 2.39. The molecule has 0 bridgehead atoms. The maximum Gasteiger partial charge on any atom is 0.286 e. The van der Waals surface area contributed by atoms with E-state index in [-0.39, 0.29) is 40.4 Å². The Bertz CT molecular complexity index is 1400. The predicted molar refractivity (Wildman–Crippen MR) is 165 cm³/mol. The number of hydrogen-bond acceptors (Lipinski definition) is 7. The number of hydrogen-bond donors (Lipinski definition) is 0. The fourth-order valence-electron chi connectivity index (χ4n) is 4.44. The Balaban J connectivity index is 1.66. The smallest absolute Gasteiger partial charge is 0.286 e. The molecule has 0 aliphatic carbocycles. The van der Waals surface area contributed by atoms with Gasteiger partial charge in [-0.25, -0.2) is 0 Å². The molecule has 1 atom stereocenters. The zero-order valence-electron chi connectivity index (χ0n) is 24.5. The van der Waals surface area contributed by atoms with E-state index in [0.29, 0.717) is 19.6 Å². The standard InChI is InChI=1S/C31H38N2O6SSi/c1-31(2,3)41(5,6)39-20-25-16-23(24-13-15-40-21-24)12-14-32(25)30(34)26-17-28(37-4)29(18-27(26)33(35)36)38-19-22-10-8-7-9-11-22/h7-13,15,17-18,21,25H,14,16,19-20H2,1-6H3. The Kier molecular flexibility index (Phi) is 9.36. The molecule has 4 rings (SSSR count). The molecule has 2 aromatic carbocycles. The Morgan fingerprint density at radius 3 is 2.49 bits per heavy atom. The van der Waals surface area contributed by atoms with Crippen molar-refractivity contribution >= 4 is 36.8 Å². The molecule has 218 valence electrons. The van der Waals surface area contributed by atoms with Crippen molar-refractivity contribution in [2.45, 2.75) is 58.0 Å². The minimum absolute atomic E-state index is 0.00423. The van der Waals surface area contributed by atoms with Crippen LogP contribution in [0.1, 0.15) is 48.7 Å². The number of methoxy groups -OCH3 is 1. The van der Waals surface area contributed by atoms with Crippen molar-refractivity contribution < 1.29 is 23.6 Å². The first kappa shape index (κ1) is 30.5. The van der Waals surface area contributed by atoms with Crippen LogP contribution in [0, 0.1) is 10.1 Å². The largest absolute Gasteiger partial charge is 0.493 e. The van der Waals surface area contributed by atoms with Gasteiger partial charge in [0.1, 0.15) is 12.2 Å². The molecule has 2 heterocycles. The number of carbonyl (C=O) groups is 1. The van der Waals surface area contributed by atoms with Gasteiger partial charge in [0.2, 0.25) is 0 Å². The Morgan fingerprint density at radius 2 is 1.88 bits per heavy atom. The lowest BCUT2D eigenvalue weighted by Gasteiger charge is -2.40. The quantitative estimate of drug-likeness (QED) is 0.137. The highest BCUT2D eigenvalue weighted by Gasteiger charge is 2.40. The summed E-state index contributed by atoms with van der Waals surface area (Å²) in [6.07, 6.45) is 2.63. The van der Waals surface area contributed by atoms with Gasteiger partial charge in [0.25, 0.3) is 11.6 Å². The van der Waals surface area contributed by atoms with Crippen molar-refractivity contribution in [3.8, 4) is 11.5 Å². The van der Waals surface area contributed by atoms with E-state index in [9.17, 15) is 14.9 Å². The predicted octanol–water partition coefficient (Wildman–Crippen LogP) is 7.56. The van der Waals surface area contributed by atoms with Gasteiger partial charge in [0.05, 0.1) is 30.7 Å². The van der Waals surface area contributed by atoms with Crippen LogP contribution in [0.4, 0.5) is 5.69 Å². The Labute approximate surface area is 246 Å². The van der Waals surface area contributed by atoms with Crippen LogP contribution in [0.2, 0.25) is 18.1 Å². The summed E-state index contributed by atoms with van der Waals surface area (Å²) in [7, 11) is -0.653. The maximum absolute atomic E-state index is 14.1. The average molecular weight is 595 g/mol. The molecule has 1 unspecified atom stereocenters. The second-order valence-electron chi connectivity index (χ2n) is 11.7. The fraction of sp³-hybridized carbons (Fsp3) is 0.387. The molecule has 0 radical (unpaired) electrons. The number of nitro groups is 1. The molecule has 3 aromatic rings. The van der Waals surface area contributed by atoms with Crippen molar-refractivity contribution in [1.29, 1.82) is 0 Å². The van der Waals surface area contributed by atoms with Gasteiger partial charge in [-0.3, -0.25) is 14.9 Å². The van der Waals surface area contributed by atoms with Crippen molar-refractivity contribution in [2.24, 2.45) is 0 Å². The molecular weight excluding hydrogens is 557 g/mol. The monoisotopic (exact) mass is 594 g/mol. The summed E-state index contributed by atoms with van der Waals surface area (Å²) in [6, 6.07) is 14.0. The molecular formula is C31H38N2O6SSi. The first-order valence-corrected chi connectivity index (χ1v) is 17.5. The van der Waals surface area contributed by atoms with E-state index in [0.717, 1.165) is 16.7 Å². The SMILES string of the molecule is COc1cc(C(=O)N2CC=C(c3ccsc3)CC2CO[Si](C)(C)C(C)(C)C)c([N+](=O)[O-])cc1OCc1ccccc1. The molecule has 0 fully saturated rings. The maximum atomic E-state index is 14.1. The van der Waals surface area contributed by atoms with E-state index in [1.54, 1.807) is 16.2 Å². The molecule has 41 heavy (non-hydrogen) atoms. The molecule has 1 aliphatic heterocycles. The highest BCUT2D eigenvalue weighted by molar-refractivity contribution is 7.08. The molecule has 0 N–H and O–H groups in total. The van der Waals surface area contributed by atoms with Gasteiger partial charge in [-0.15, -0.1) is 0 Å². The second kappa shape index (κ2) is 12.6. The van der Waals surface area contributed by atoms with Crippen molar-refractivity contribution in [1.82, 2.24) is 4.90 Å². The summed E-state index contributed by atoms with van der Waals surface area (Å²) in [5.74, 6) is 0.0280. The number of amides is 1. The third-order valence-electron chi connectivity index (χ3n) is 7.97. The summed E-state index contributed by atoms with van der Waals surface area (Å²) in [5.41, 5.74) is 2.82. The molecule has 0 saturated carbocycles. The molecule has 1 aromatic heterocycles. The number of nitrogens with zero attached hydrogens (tertiary/aromatic N) is 2. The molecule has 1 aliphatic rings. The van der Waals surface area contributed by atoms with Crippen molar-refractivity contribution in [3.05, 3.63) is 92.2 Å². The van der Waals surface area contributed by atoms with E-state index in [1.165, 1.54) is 19.2 Å². The van der Waals surface area contributed by atoms with Crippen molar-refractivity contribution in [3.63, 3.8) is 0 Å². The summed E-state index contributed by atoms with van der Waals surface area (Å²) < 4.78 is 18.0. The number of nitro benzene ring substituents is 1. The lowest BCUT2D eigenvalue weighted by molar-refractivity contribution is -0.385. The first-order chi connectivity index (χ1) is 19.4. The van der Waals surface area contributed by atoms with E-state index in [4.69, 9.17) is 13.9 Å². The molecule has 8 nitrogen and oxygen atoms in total. The fourth-order valence-corrected chi connectivity index (χ4v) is 6.16. The summed E-state index contributed by atoms with van der Waals surface area (Å²) >= 11 is 1.63. The van der Waals surface area contributed by atoms with Crippen LogP contribution in [-0.2, 0) is 11.0 Å². The van der Waals surface area contributed by atoms with Gasteiger partial charge in [-0.05, 0) is 58.1 Å². The second-order valence-corrected chi connectivity index (χ2v) is 17.3. The van der Waals surface area contributed by atoms with Crippen LogP contribution in [0.5, 0.6) is 11.5 Å². The Morgan fingerprint density at radius 1 is 1.15 bits per heavy atom. The number of rotatable bonds is 10. The Hall–Kier alpha value is -3.47. The zero-order chi connectivity index (χ0) is 29.8. The first-order valence-electron chi connectivity index (χ1n) is 13.6. The van der Waals surface area contributed by atoms with E-state index in [2.05, 4.69) is 45.3 Å². The topological polar surface area (TPSA) is 91.1 Å². The van der Waals surface area contributed by atoms with Gasteiger partial charge in [0, 0.05) is 12.6 Å². The van der Waals surface area contributed by atoms with Crippen LogP contribution in [0.25, 0.3) is 5.57 Å². The zero-order valence-corrected chi connectivity index (χ0v) is 26.3.